The number of likely N-dealkylation sites (N-methyl/N-ethyl adjacent to an activating group) is 1. The van der Waals surface area contributed by atoms with Crippen LogP contribution in [0.15, 0.2) is 6.33 Å². The predicted molar refractivity (Wildman–Crippen MR) is 93.1 cm³/mol. The Balaban J connectivity index is 1.89. The van der Waals surface area contributed by atoms with E-state index in [1.54, 1.807) is 7.05 Å². The molecule has 0 unspecified atom stereocenters. The summed E-state index contributed by atoms with van der Waals surface area (Å²) in [4.78, 5) is 24.1. The highest BCUT2D eigenvalue weighted by molar-refractivity contribution is 6.32. The minimum atomic E-state index is 0.0786. The highest BCUT2D eigenvalue weighted by Crippen LogP contribution is 2.29. The van der Waals surface area contributed by atoms with Crippen LogP contribution in [0, 0.1) is 5.92 Å². The number of rotatable bonds is 6. The third-order valence-corrected chi connectivity index (χ3v) is 4.56. The number of hydrogen-bond acceptors (Lipinski definition) is 6. The fraction of sp³-hybridized carbons (Fsp3) is 0.667. The van der Waals surface area contributed by atoms with Crippen LogP contribution in [0.5, 0.6) is 0 Å². The number of hydrogen-bond donors (Lipinski definition) is 2. The molecule has 1 aromatic rings. The maximum atomic E-state index is 11.4. The number of piperidine rings is 1. The molecule has 1 aromatic heterocycles. The fourth-order valence-corrected chi connectivity index (χ4v) is 3.17. The number of anilines is 2. The van der Waals surface area contributed by atoms with Crippen molar-refractivity contribution >= 4 is 29.0 Å². The molecular formula is C15H25ClN6O. The number of carbonyl (C=O) groups is 1. The van der Waals surface area contributed by atoms with E-state index in [1.165, 1.54) is 6.33 Å². The van der Waals surface area contributed by atoms with Crippen LogP contribution >= 0.6 is 11.6 Å². The number of likely N-dealkylation sites (tertiary alicyclic amines) is 1. The molecule has 1 saturated heterocycles. The van der Waals surface area contributed by atoms with Crippen LogP contribution in [0.1, 0.15) is 12.8 Å². The molecule has 1 aliphatic heterocycles. The quantitative estimate of drug-likeness (QED) is 0.755. The average Bonchev–Trinajstić information content (AvgIpc) is 2.56. The first-order valence-electron chi connectivity index (χ1n) is 7.87. The Morgan fingerprint density at radius 3 is 2.70 bits per heavy atom. The Kier molecular flexibility index (Phi) is 6.41. The molecular weight excluding hydrogens is 316 g/mol. The van der Waals surface area contributed by atoms with Crippen LogP contribution in [-0.2, 0) is 4.79 Å². The van der Waals surface area contributed by atoms with Crippen molar-refractivity contribution in [3.8, 4) is 0 Å². The Morgan fingerprint density at radius 2 is 2.09 bits per heavy atom. The smallest absolute Gasteiger partial charge is 0.233 e. The first-order chi connectivity index (χ1) is 11.0. The summed E-state index contributed by atoms with van der Waals surface area (Å²) in [5, 5.41) is 6.17. The van der Waals surface area contributed by atoms with Gasteiger partial charge >= 0.3 is 0 Å². The summed E-state index contributed by atoms with van der Waals surface area (Å²) in [6, 6.07) is 0. The lowest BCUT2D eigenvalue weighted by atomic mass is 9.96. The highest BCUT2D eigenvalue weighted by atomic mass is 35.5. The van der Waals surface area contributed by atoms with Gasteiger partial charge in [0.2, 0.25) is 5.91 Å². The first-order valence-corrected chi connectivity index (χ1v) is 8.25. The molecule has 2 rings (SSSR count). The molecule has 0 bridgehead atoms. The Bertz CT molecular complexity index is 533. The number of nitrogens with zero attached hydrogens (tertiary/aromatic N) is 4. The third-order valence-electron chi connectivity index (χ3n) is 4.28. The summed E-state index contributed by atoms with van der Waals surface area (Å²) in [5.41, 5.74) is 0.758. The standard InChI is InChI=1S/C15H25ClN6O/c1-17-12(23)9-22-6-4-11(5-7-22)8-21(3)15-13(18-2)14(16)19-10-20-15/h10-11,18H,4-9H2,1-3H3,(H,17,23). The van der Waals surface area contributed by atoms with Gasteiger partial charge in [0.25, 0.3) is 0 Å². The molecule has 1 fully saturated rings. The van der Waals surface area contributed by atoms with Gasteiger partial charge in [-0.05, 0) is 31.8 Å². The molecule has 0 aliphatic carbocycles. The van der Waals surface area contributed by atoms with Crippen molar-refractivity contribution in [1.82, 2.24) is 20.2 Å². The van der Waals surface area contributed by atoms with Crippen LogP contribution in [0.25, 0.3) is 0 Å². The summed E-state index contributed by atoms with van der Waals surface area (Å²) < 4.78 is 0. The molecule has 1 amide bonds. The van der Waals surface area contributed by atoms with E-state index in [9.17, 15) is 4.79 Å². The van der Waals surface area contributed by atoms with E-state index < -0.39 is 0 Å². The molecule has 2 heterocycles. The zero-order valence-electron chi connectivity index (χ0n) is 14.0. The van der Waals surface area contributed by atoms with E-state index in [2.05, 4.69) is 30.4 Å². The summed E-state index contributed by atoms with van der Waals surface area (Å²) in [6.07, 6.45) is 3.64. The summed E-state index contributed by atoms with van der Waals surface area (Å²) >= 11 is 6.11. The SMILES string of the molecule is CNC(=O)CN1CCC(CN(C)c2ncnc(Cl)c2NC)CC1. The van der Waals surface area contributed by atoms with Crippen molar-refractivity contribution in [3.05, 3.63) is 11.5 Å². The monoisotopic (exact) mass is 340 g/mol. The van der Waals surface area contributed by atoms with Gasteiger partial charge in [0.05, 0.1) is 6.54 Å². The van der Waals surface area contributed by atoms with E-state index in [1.807, 2.05) is 14.1 Å². The van der Waals surface area contributed by atoms with Gasteiger partial charge in [-0.3, -0.25) is 9.69 Å². The Labute approximate surface area is 142 Å². The first kappa shape index (κ1) is 17.7. The zero-order chi connectivity index (χ0) is 16.8. The number of amides is 1. The predicted octanol–water partition coefficient (Wildman–Crippen LogP) is 1.07. The lowest BCUT2D eigenvalue weighted by molar-refractivity contribution is -0.122. The van der Waals surface area contributed by atoms with E-state index in [4.69, 9.17) is 11.6 Å². The van der Waals surface area contributed by atoms with Crippen molar-refractivity contribution in [2.24, 2.45) is 5.92 Å². The topological polar surface area (TPSA) is 73.4 Å². The Hall–Kier alpha value is -1.60. The highest BCUT2D eigenvalue weighted by Gasteiger charge is 2.23. The van der Waals surface area contributed by atoms with Gasteiger partial charge in [-0.1, -0.05) is 11.6 Å². The molecule has 0 atom stereocenters. The summed E-state index contributed by atoms with van der Waals surface area (Å²) in [5.74, 6) is 1.48. The van der Waals surface area contributed by atoms with Crippen molar-refractivity contribution in [2.75, 3.05) is 57.5 Å². The van der Waals surface area contributed by atoms with Crippen molar-refractivity contribution in [1.29, 1.82) is 0 Å². The molecule has 1 aliphatic rings. The molecule has 2 N–H and O–H groups in total. The third kappa shape index (κ3) is 4.68. The van der Waals surface area contributed by atoms with Crippen LogP contribution in [0.2, 0.25) is 5.15 Å². The number of carbonyl (C=O) groups excluding carboxylic acids is 1. The maximum absolute atomic E-state index is 11.4. The van der Waals surface area contributed by atoms with Gasteiger partial charge in [-0.2, -0.15) is 0 Å². The van der Waals surface area contributed by atoms with E-state index in [0.717, 1.165) is 44.0 Å². The van der Waals surface area contributed by atoms with Crippen LogP contribution in [-0.4, -0.2) is 68.1 Å². The maximum Gasteiger partial charge on any atom is 0.233 e. The fourth-order valence-electron chi connectivity index (χ4n) is 2.94. The molecule has 23 heavy (non-hydrogen) atoms. The molecule has 0 aromatic carbocycles. The van der Waals surface area contributed by atoms with Crippen LogP contribution < -0.4 is 15.5 Å². The largest absolute Gasteiger partial charge is 0.383 e. The zero-order valence-corrected chi connectivity index (χ0v) is 14.7. The molecule has 0 saturated carbocycles. The summed E-state index contributed by atoms with van der Waals surface area (Å²) in [7, 11) is 5.52. The van der Waals surface area contributed by atoms with Gasteiger partial charge in [0, 0.05) is 27.7 Å². The van der Waals surface area contributed by atoms with Gasteiger partial charge < -0.3 is 15.5 Å². The van der Waals surface area contributed by atoms with Crippen LogP contribution in [0.3, 0.4) is 0 Å². The lowest BCUT2D eigenvalue weighted by Gasteiger charge is -2.34. The molecule has 0 radical (unpaired) electrons. The molecule has 128 valence electrons. The summed E-state index contributed by atoms with van der Waals surface area (Å²) in [6.45, 7) is 3.31. The number of nitrogens with one attached hydrogen (secondary N) is 2. The molecule has 8 heteroatoms. The average molecular weight is 341 g/mol. The Morgan fingerprint density at radius 1 is 1.39 bits per heavy atom. The lowest BCUT2D eigenvalue weighted by Crippen LogP contribution is -2.42. The second kappa shape index (κ2) is 8.31. The van der Waals surface area contributed by atoms with Gasteiger partial charge in [-0.15, -0.1) is 0 Å². The van der Waals surface area contributed by atoms with E-state index in [0.29, 0.717) is 17.6 Å². The second-order valence-corrected chi connectivity index (χ2v) is 6.24. The van der Waals surface area contributed by atoms with E-state index >= 15 is 0 Å². The minimum Gasteiger partial charge on any atom is -0.383 e. The molecule has 0 spiro atoms. The second-order valence-electron chi connectivity index (χ2n) is 5.89. The molecule has 7 nitrogen and oxygen atoms in total. The van der Waals surface area contributed by atoms with Gasteiger partial charge in [0.15, 0.2) is 11.0 Å². The van der Waals surface area contributed by atoms with Crippen molar-refractivity contribution in [3.63, 3.8) is 0 Å². The van der Waals surface area contributed by atoms with Crippen molar-refractivity contribution in [2.45, 2.75) is 12.8 Å². The van der Waals surface area contributed by atoms with Gasteiger partial charge in [-0.25, -0.2) is 9.97 Å². The number of halogens is 1. The number of aromatic nitrogens is 2. The van der Waals surface area contributed by atoms with Crippen molar-refractivity contribution < 1.29 is 4.79 Å². The normalized spacial score (nSPS) is 16.2. The minimum absolute atomic E-state index is 0.0786. The van der Waals surface area contributed by atoms with Crippen LogP contribution in [0.4, 0.5) is 11.5 Å². The van der Waals surface area contributed by atoms with E-state index in [-0.39, 0.29) is 5.91 Å². The van der Waals surface area contributed by atoms with Gasteiger partial charge in [0.1, 0.15) is 12.0 Å².